The molecule has 0 saturated carbocycles. The predicted octanol–water partition coefficient (Wildman–Crippen LogP) is 2.43. The van der Waals surface area contributed by atoms with Crippen molar-refractivity contribution < 1.29 is 9.66 Å². The standard InChI is InChI=1S/C13H23N5O3/c1-4-6-10(8-21-3)17-13-11(18(19)20)12(14-7-5-2)15-9-16-13/h9-10H,4-8H2,1-3H3,(H2,14,15,16,17). The van der Waals surface area contributed by atoms with E-state index in [-0.39, 0.29) is 23.4 Å². The van der Waals surface area contributed by atoms with Gasteiger partial charge in [-0.15, -0.1) is 0 Å². The summed E-state index contributed by atoms with van der Waals surface area (Å²) in [6.45, 7) is 5.11. The van der Waals surface area contributed by atoms with Crippen molar-refractivity contribution in [2.24, 2.45) is 0 Å². The third kappa shape index (κ3) is 5.14. The Hall–Kier alpha value is -1.96. The topological polar surface area (TPSA) is 102 Å². The number of hydrogen-bond donors (Lipinski definition) is 2. The van der Waals surface area contributed by atoms with Gasteiger partial charge in [-0.1, -0.05) is 20.3 Å². The lowest BCUT2D eigenvalue weighted by atomic mass is 10.2. The van der Waals surface area contributed by atoms with Gasteiger partial charge < -0.3 is 15.4 Å². The number of nitrogens with one attached hydrogen (secondary N) is 2. The summed E-state index contributed by atoms with van der Waals surface area (Å²) in [6.07, 6.45) is 3.96. The van der Waals surface area contributed by atoms with Crippen LogP contribution in [0.3, 0.4) is 0 Å². The molecule has 0 bridgehead atoms. The first-order valence-corrected chi connectivity index (χ1v) is 7.12. The van der Waals surface area contributed by atoms with E-state index < -0.39 is 4.92 Å². The van der Waals surface area contributed by atoms with Crippen molar-refractivity contribution in [1.82, 2.24) is 9.97 Å². The molecule has 0 aliphatic rings. The second-order valence-corrected chi connectivity index (χ2v) is 4.69. The number of nitro groups is 1. The van der Waals surface area contributed by atoms with Gasteiger partial charge in [-0.05, 0) is 12.8 Å². The Labute approximate surface area is 124 Å². The van der Waals surface area contributed by atoms with Gasteiger partial charge in [0, 0.05) is 13.7 Å². The molecule has 0 aliphatic carbocycles. The Kier molecular flexibility index (Phi) is 7.38. The maximum atomic E-state index is 11.3. The van der Waals surface area contributed by atoms with Crippen LogP contribution in [0.25, 0.3) is 0 Å². The maximum Gasteiger partial charge on any atom is 0.353 e. The fourth-order valence-electron chi connectivity index (χ4n) is 1.97. The highest BCUT2D eigenvalue weighted by atomic mass is 16.6. The quantitative estimate of drug-likeness (QED) is 0.505. The van der Waals surface area contributed by atoms with Crippen LogP contribution >= 0.6 is 0 Å². The fourth-order valence-corrected chi connectivity index (χ4v) is 1.97. The van der Waals surface area contributed by atoms with Gasteiger partial charge in [-0.2, -0.15) is 0 Å². The largest absolute Gasteiger partial charge is 0.383 e. The summed E-state index contributed by atoms with van der Waals surface area (Å²) in [5.41, 5.74) is -0.122. The Morgan fingerprint density at radius 3 is 2.62 bits per heavy atom. The van der Waals surface area contributed by atoms with Gasteiger partial charge in [0.05, 0.1) is 17.6 Å². The highest BCUT2D eigenvalue weighted by Crippen LogP contribution is 2.29. The Bertz CT molecular complexity index is 449. The van der Waals surface area contributed by atoms with Gasteiger partial charge in [0.2, 0.25) is 11.6 Å². The number of rotatable bonds is 10. The molecule has 118 valence electrons. The van der Waals surface area contributed by atoms with Crippen LogP contribution in [0.5, 0.6) is 0 Å². The van der Waals surface area contributed by atoms with Crippen LogP contribution in [-0.2, 0) is 4.74 Å². The highest BCUT2D eigenvalue weighted by Gasteiger charge is 2.24. The van der Waals surface area contributed by atoms with E-state index in [1.54, 1.807) is 7.11 Å². The van der Waals surface area contributed by atoms with E-state index in [4.69, 9.17) is 4.74 Å². The molecule has 1 heterocycles. The van der Waals surface area contributed by atoms with Crippen molar-refractivity contribution in [2.75, 3.05) is 30.9 Å². The van der Waals surface area contributed by atoms with Gasteiger partial charge in [-0.25, -0.2) is 9.97 Å². The summed E-state index contributed by atoms with van der Waals surface area (Å²) in [4.78, 5) is 18.8. The smallest absolute Gasteiger partial charge is 0.353 e. The zero-order valence-corrected chi connectivity index (χ0v) is 12.8. The molecule has 1 atom stereocenters. The monoisotopic (exact) mass is 297 g/mol. The van der Waals surface area contributed by atoms with E-state index in [0.717, 1.165) is 19.3 Å². The van der Waals surface area contributed by atoms with E-state index in [0.29, 0.717) is 13.2 Å². The Morgan fingerprint density at radius 2 is 2.05 bits per heavy atom. The number of nitrogens with zero attached hydrogens (tertiary/aromatic N) is 3. The molecular weight excluding hydrogens is 274 g/mol. The van der Waals surface area contributed by atoms with Crippen molar-refractivity contribution in [1.29, 1.82) is 0 Å². The summed E-state index contributed by atoms with van der Waals surface area (Å²) >= 11 is 0. The first kappa shape index (κ1) is 17.1. The van der Waals surface area contributed by atoms with Crippen molar-refractivity contribution in [3.63, 3.8) is 0 Å². The van der Waals surface area contributed by atoms with Crippen LogP contribution in [0.4, 0.5) is 17.3 Å². The molecule has 0 aliphatic heterocycles. The van der Waals surface area contributed by atoms with Crippen molar-refractivity contribution in [2.45, 2.75) is 39.2 Å². The van der Waals surface area contributed by atoms with E-state index in [1.807, 2.05) is 13.8 Å². The molecule has 1 aromatic rings. The maximum absolute atomic E-state index is 11.3. The second-order valence-electron chi connectivity index (χ2n) is 4.69. The summed E-state index contributed by atoms with van der Waals surface area (Å²) in [6, 6.07) is -0.0207. The van der Waals surface area contributed by atoms with E-state index in [9.17, 15) is 10.1 Å². The van der Waals surface area contributed by atoms with Gasteiger partial charge in [0.1, 0.15) is 6.33 Å². The Balaban J connectivity index is 3.01. The van der Waals surface area contributed by atoms with E-state index in [2.05, 4.69) is 20.6 Å². The second kappa shape index (κ2) is 9.06. The molecule has 8 nitrogen and oxygen atoms in total. The third-order valence-electron chi connectivity index (χ3n) is 2.89. The van der Waals surface area contributed by atoms with E-state index >= 15 is 0 Å². The van der Waals surface area contributed by atoms with Crippen molar-refractivity contribution in [3.8, 4) is 0 Å². The summed E-state index contributed by atoms with van der Waals surface area (Å²) in [5, 5.41) is 17.4. The fraction of sp³-hybridized carbons (Fsp3) is 0.692. The lowest BCUT2D eigenvalue weighted by Crippen LogP contribution is -2.26. The molecule has 1 unspecified atom stereocenters. The minimum absolute atomic E-state index is 0.0207. The van der Waals surface area contributed by atoms with Crippen LogP contribution in [-0.4, -0.2) is 41.2 Å². The van der Waals surface area contributed by atoms with E-state index in [1.165, 1.54) is 6.33 Å². The molecule has 0 fully saturated rings. The minimum Gasteiger partial charge on any atom is -0.383 e. The first-order chi connectivity index (χ1) is 10.1. The summed E-state index contributed by atoms with van der Waals surface area (Å²) in [5.74, 6) is 0.469. The predicted molar refractivity (Wildman–Crippen MR) is 81.7 cm³/mol. The lowest BCUT2D eigenvalue weighted by Gasteiger charge is -2.18. The van der Waals surface area contributed by atoms with Crippen LogP contribution in [0.1, 0.15) is 33.1 Å². The average molecular weight is 297 g/mol. The molecule has 0 amide bonds. The normalized spacial score (nSPS) is 12.0. The molecule has 0 aromatic carbocycles. The zero-order valence-electron chi connectivity index (χ0n) is 12.8. The molecule has 1 aromatic heterocycles. The van der Waals surface area contributed by atoms with Crippen LogP contribution in [0, 0.1) is 10.1 Å². The molecule has 2 N–H and O–H groups in total. The lowest BCUT2D eigenvalue weighted by molar-refractivity contribution is -0.383. The molecule has 0 radical (unpaired) electrons. The molecule has 1 rings (SSSR count). The molecule has 21 heavy (non-hydrogen) atoms. The van der Waals surface area contributed by atoms with Crippen molar-refractivity contribution >= 4 is 17.3 Å². The number of hydrogen-bond acceptors (Lipinski definition) is 7. The SMILES string of the molecule is CCCNc1ncnc(NC(CCC)COC)c1[N+](=O)[O-]. The van der Waals surface area contributed by atoms with Crippen LogP contribution in [0.15, 0.2) is 6.33 Å². The zero-order chi connectivity index (χ0) is 15.7. The molecule has 0 saturated heterocycles. The number of anilines is 2. The summed E-state index contributed by atoms with van der Waals surface area (Å²) < 4.78 is 5.13. The average Bonchev–Trinajstić information content (AvgIpc) is 2.45. The highest BCUT2D eigenvalue weighted by molar-refractivity contribution is 5.69. The van der Waals surface area contributed by atoms with Gasteiger partial charge in [0.15, 0.2) is 0 Å². The third-order valence-corrected chi connectivity index (χ3v) is 2.89. The molecule has 0 spiro atoms. The molecule has 8 heteroatoms. The number of aromatic nitrogens is 2. The number of methoxy groups -OCH3 is 1. The van der Waals surface area contributed by atoms with Gasteiger partial charge >= 0.3 is 5.69 Å². The van der Waals surface area contributed by atoms with Crippen molar-refractivity contribution in [3.05, 3.63) is 16.4 Å². The van der Waals surface area contributed by atoms with Crippen LogP contribution in [0.2, 0.25) is 0 Å². The Morgan fingerprint density at radius 1 is 1.33 bits per heavy atom. The van der Waals surface area contributed by atoms with Gasteiger partial charge in [-0.3, -0.25) is 10.1 Å². The first-order valence-electron chi connectivity index (χ1n) is 7.12. The van der Waals surface area contributed by atoms with Gasteiger partial charge in [0.25, 0.3) is 0 Å². The number of ether oxygens (including phenoxy) is 1. The van der Waals surface area contributed by atoms with Crippen LogP contribution < -0.4 is 10.6 Å². The molecular formula is C13H23N5O3. The summed E-state index contributed by atoms with van der Waals surface area (Å²) in [7, 11) is 1.60. The minimum atomic E-state index is -0.462.